The first-order chi connectivity index (χ1) is 9.77. The molecule has 0 saturated carbocycles. The first-order valence-electron chi connectivity index (χ1n) is 5.80. The fraction of sp³-hybridized carbons (Fsp3) is 0. The number of carbonyl (C=O) groups is 2. The van der Waals surface area contributed by atoms with Crippen LogP contribution >= 0.6 is 11.3 Å². The third kappa shape index (κ3) is 1.35. The van der Waals surface area contributed by atoms with E-state index in [1.807, 2.05) is 0 Å². The van der Waals surface area contributed by atoms with Crippen LogP contribution in [0.3, 0.4) is 0 Å². The molecule has 0 N–H and O–H groups in total. The molecule has 0 saturated heterocycles. The second kappa shape index (κ2) is 3.91. The van der Waals surface area contributed by atoms with E-state index in [4.69, 9.17) is 0 Å². The Kier molecular flexibility index (Phi) is 2.19. The van der Waals surface area contributed by atoms with Gasteiger partial charge in [0.2, 0.25) is 11.6 Å². The third-order valence-corrected chi connectivity index (χ3v) is 4.02. The summed E-state index contributed by atoms with van der Waals surface area (Å²) in [5.74, 6) is -0.482. The molecule has 1 aliphatic carbocycles. The van der Waals surface area contributed by atoms with Gasteiger partial charge in [0.25, 0.3) is 0 Å². The lowest BCUT2D eigenvalue weighted by Gasteiger charge is -2.10. The standard InChI is InChI=1S/C13H6N4O2S/c18-11-8-3-5-20-13(8)12(19)9-10(11)17(16-15-9)7-2-1-4-14-6-7/h1-6H. The Balaban J connectivity index is 1.98. The van der Waals surface area contributed by atoms with Crippen LogP contribution in [0.4, 0.5) is 0 Å². The van der Waals surface area contributed by atoms with Crippen molar-refractivity contribution in [1.82, 2.24) is 20.0 Å². The molecule has 96 valence electrons. The van der Waals surface area contributed by atoms with Crippen molar-refractivity contribution < 1.29 is 9.59 Å². The normalized spacial score (nSPS) is 13.2. The topological polar surface area (TPSA) is 77.7 Å². The smallest absolute Gasteiger partial charge is 0.226 e. The minimum Gasteiger partial charge on any atom is -0.287 e. The summed E-state index contributed by atoms with van der Waals surface area (Å²) < 4.78 is 1.36. The van der Waals surface area contributed by atoms with Gasteiger partial charge >= 0.3 is 0 Å². The molecule has 0 aromatic carbocycles. The average molecular weight is 282 g/mol. The summed E-state index contributed by atoms with van der Waals surface area (Å²) in [7, 11) is 0. The van der Waals surface area contributed by atoms with Crippen molar-refractivity contribution in [2.75, 3.05) is 0 Å². The zero-order chi connectivity index (χ0) is 13.7. The second-order valence-corrected chi connectivity index (χ2v) is 5.15. The molecule has 20 heavy (non-hydrogen) atoms. The highest BCUT2D eigenvalue weighted by atomic mass is 32.1. The summed E-state index contributed by atoms with van der Waals surface area (Å²) in [4.78, 5) is 29.2. The van der Waals surface area contributed by atoms with Gasteiger partial charge in [-0.1, -0.05) is 5.21 Å². The van der Waals surface area contributed by atoms with Crippen molar-refractivity contribution in [3.05, 3.63) is 57.8 Å². The molecule has 6 nitrogen and oxygen atoms in total. The van der Waals surface area contributed by atoms with E-state index in [9.17, 15) is 9.59 Å². The van der Waals surface area contributed by atoms with Gasteiger partial charge in [0.15, 0.2) is 5.69 Å². The monoisotopic (exact) mass is 282 g/mol. The number of pyridine rings is 1. The van der Waals surface area contributed by atoms with Gasteiger partial charge in [-0.2, -0.15) is 0 Å². The summed E-state index contributed by atoms with van der Waals surface area (Å²) in [5, 5.41) is 9.52. The highest BCUT2D eigenvalue weighted by Gasteiger charge is 2.36. The van der Waals surface area contributed by atoms with Crippen LogP contribution in [0.2, 0.25) is 0 Å². The second-order valence-electron chi connectivity index (χ2n) is 4.23. The number of hydrogen-bond donors (Lipinski definition) is 0. The van der Waals surface area contributed by atoms with E-state index in [1.54, 1.807) is 36.0 Å². The fourth-order valence-electron chi connectivity index (χ4n) is 2.20. The van der Waals surface area contributed by atoms with Gasteiger partial charge in [0, 0.05) is 11.8 Å². The zero-order valence-corrected chi connectivity index (χ0v) is 10.8. The Hall–Kier alpha value is -2.67. The summed E-state index contributed by atoms with van der Waals surface area (Å²) >= 11 is 1.25. The van der Waals surface area contributed by atoms with E-state index in [0.717, 1.165) is 0 Å². The van der Waals surface area contributed by atoms with E-state index in [-0.39, 0.29) is 23.0 Å². The molecule has 0 fully saturated rings. The molecule has 3 aromatic heterocycles. The van der Waals surface area contributed by atoms with Gasteiger partial charge in [-0.05, 0) is 23.6 Å². The maximum Gasteiger partial charge on any atom is 0.226 e. The van der Waals surface area contributed by atoms with Crippen molar-refractivity contribution in [3.63, 3.8) is 0 Å². The van der Waals surface area contributed by atoms with E-state index < -0.39 is 0 Å². The van der Waals surface area contributed by atoms with E-state index in [2.05, 4.69) is 15.3 Å². The van der Waals surface area contributed by atoms with Crippen molar-refractivity contribution in [3.8, 4) is 5.69 Å². The molecule has 1 aliphatic rings. The maximum atomic E-state index is 12.5. The lowest BCUT2D eigenvalue weighted by atomic mass is 9.97. The minimum absolute atomic E-state index is 0.105. The number of carbonyl (C=O) groups excluding carboxylic acids is 2. The number of rotatable bonds is 1. The van der Waals surface area contributed by atoms with E-state index in [1.165, 1.54) is 16.0 Å². The van der Waals surface area contributed by atoms with Gasteiger partial charge < -0.3 is 0 Å². The number of nitrogens with zero attached hydrogens (tertiary/aromatic N) is 4. The largest absolute Gasteiger partial charge is 0.287 e. The SMILES string of the molecule is O=C1c2nnn(-c3cccnc3)c2C(=O)c2ccsc21. The fourth-order valence-corrected chi connectivity index (χ4v) is 3.03. The summed E-state index contributed by atoms with van der Waals surface area (Å²) in [6.07, 6.45) is 3.19. The van der Waals surface area contributed by atoms with Gasteiger partial charge in [-0.15, -0.1) is 16.4 Å². The van der Waals surface area contributed by atoms with Crippen molar-refractivity contribution >= 4 is 22.9 Å². The van der Waals surface area contributed by atoms with Crippen LogP contribution < -0.4 is 0 Å². The molecule has 4 rings (SSSR count). The van der Waals surface area contributed by atoms with Crippen molar-refractivity contribution in [1.29, 1.82) is 0 Å². The Morgan fingerprint density at radius 1 is 1.15 bits per heavy atom. The molecule has 0 radical (unpaired) electrons. The molecule has 0 spiro atoms. The number of thiophene rings is 1. The van der Waals surface area contributed by atoms with E-state index >= 15 is 0 Å². The van der Waals surface area contributed by atoms with Gasteiger partial charge in [-0.3, -0.25) is 14.6 Å². The van der Waals surface area contributed by atoms with Gasteiger partial charge in [0.1, 0.15) is 5.69 Å². The van der Waals surface area contributed by atoms with E-state index in [0.29, 0.717) is 16.1 Å². The Labute approximate surface area is 116 Å². The third-order valence-electron chi connectivity index (χ3n) is 3.11. The number of aromatic nitrogens is 4. The number of fused-ring (bicyclic) bond motifs is 2. The molecule has 0 bridgehead atoms. The van der Waals surface area contributed by atoms with Crippen LogP contribution in [-0.4, -0.2) is 31.5 Å². The summed E-state index contributed by atoms with van der Waals surface area (Å²) in [6.45, 7) is 0. The van der Waals surface area contributed by atoms with Gasteiger partial charge in [-0.25, -0.2) is 4.68 Å². The first kappa shape index (κ1) is 11.2. The average Bonchev–Trinajstić information content (AvgIpc) is 3.13. The number of ketones is 2. The highest BCUT2D eigenvalue weighted by Crippen LogP contribution is 2.30. The predicted molar refractivity (Wildman–Crippen MR) is 70.3 cm³/mol. The minimum atomic E-state index is -0.250. The van der Waals surface area contributed by atoms with Crippen LogP contribution in [0.5, 0.6) is 0 Å². The molecular formula is C13H6N4O2S. The highest BCUT2D eigenvalue weighted by molar-refractivity contribution is 7.12. The number of hydrogen-bond acceptors (Lipinski definition) is 6. The lowest BCUT2D eigenvalue weighted by molar-refractivity contribution is 0.0976. The predicted octanol–water partition coefficient (Wildman–Crippen LogP) is 1.50. The van der Waals surface area contributed by atoms with Crippen LogP contribution in [0, 0.1) is 0 Å². The van der Waals surface area contributed by atoms with Crippen molar-refractivity contribution in [2.45, 2.75) is 0 Å². The lowest BCUT2D eigenvalue weighted by Crippen LogP contribution is -2.21. The molecule has 3 aromatic rings. The Bertz CT molecular complexity index is 850. The van der Waals surface area contributed by atoms with Crippen LogP contribution in [-0.2, 0) is 0 Å². The molecule has 0 unspecified atom stereocenters. The molecular weight excluding hydrogens is 276 g/mol. The molecule has 3 heterocycles. The maximum absolute atomic E-state index is 12.5. The van der Waals surface area contributed by atoms with Crippen LogP contribution in [0.15, 0.2) is 36.0 Å². The summed E-state index contributed by atoms with van der Waals surface area (Å²) in [6, 6.07) is 5.14. The molecule has 0 aliphatic heterocycles. The first-order valence-corrected chi connectivity index (χ1v) is 6.68. The van der Waals surface area contributed by atoms with Gasteiger partial charge in [0.05, 0.1) is 16.8 Å². The Morgan fingerprint density at radius 3 is 2.85 bits per heavy atom. The zero-order valence-electron chi connectivity index (χ0n) is 9.98. The van der Waals surface area contributed by atoms with Crippen LogP contribution in [0.25, 0.3) is 5.69 Å². The quantitative estimate of drug-likeness (QED) is 0.528. The molecule has 0 amide bonds. The van der Waals surface area contributed by atoms with Crippen molar-refractivity contribution in [2.24, 2.45) is 0 Å². The molecule has 7 heteroatoms. The Morgan fingerprint density at radius 2 is 2.05 bits per heavy atom. The summed E-state index contributed by atoms with van der Waals surface area (Å²) in [5.41, 5.74) is 1.32. The molecule has 0 atom stereocenters. The van der Waals surface area contributed by atoms with Crippen LogP contribution in [0.1, 0.15) is 31.4 Å².